The van der Waals surface area contributed by atoms with Crippen molar-refractivity contribution in [3.05, 3.63) is 35.6 Å². The third kappa shape index (κ3) is 7.36. The van der Waals surface area contributed by atoms with Crippen molar-refractivity contribution in [3.8, 4) is 0 Å². The number of amides is 2. The van der Waals surface area contributed by atoms with Gasteiger partial charge in [-0.1, -0.05) is 19.1 Å². The van der Waals surface area contributed by atoms with E-state index in [-0.39, 0.29) is 6.42 Å². The normalized spacial score (nSPS) is 13.5. The molecule has 11 heteroatoms. The van der Waals surface area contributed by atoms with Gasteiger partial charge in [-0.3, -0.25) is 19.2 Å². The van der Waals surface area contributed by atoms with Gasteiger partial charge in [0.05, 0.1) is 14.2 Å². The highest BCUT2D eigenvalue weighted by atomic mass is 19.1. The Labute approximate surface area is 178 Å². The largest absolute Gasteiger partial charge is 0.480 e. The first-order valence-corrected chi connectivity index (χ1v) is 9.22. The van der Waals surface area contributed by atoms with E-state index < -0.39 is 59.5 Å². The first-order chi connectivity index (χ1) is 14.5. The zero-order valence-electron chi connectivity index (χ0n) is 17.5. The lowest BCUT2D eigenvalue weighted by Crippen LogP contribution is -2.56. The molecule has 0 fully saturated rings. The molecule has 0 saturated heterocycles. The van der Waals surface area contributed by atoms with Crippen molar-refractivity contribution in [3.63, 3.8) is 0 Å². The number of carboxylic acids is 1. The van der Waals surface area contributed by atoms with Gasteiger partial charge in [-0.25, -0.2) is 9.18 Å². The maximum absolute atomic E-state index is 13.5. The Morgan fingerprint density at radius 2 is 1.65 bits per heavy atom. The van der Waals surface area contributed by atoms with Crippen LogP contribution in [0.3, 0.4) is 0 Å². The summed E-state index contributed by atoms with van der Waals surface area (Å²) in [5.41, 5.74) is 0.385. The smallest absolute Gasteiger partial charge is 0.326 e. The van der Waals surface area contributed by atoms with Crippen molar-refractivity contribution < 1.29 is 42.9 Å². The molecule has 0 aromatic heterocycles. The van der Waals surface area contributed by atoms with E-state index in [1.807, 2.05) is 0 Å². The second-order valence-electron chi connectivity index (χ2n) is 6.79. The standard InChI is InChI=1S/C20H25FN2O8/c1-10(15(19(28)30-3)20(29)31-4)16(18(26)27)23-17(25)14(22-11(2)24)9-12-6-5-7-13(21)8-12/h5-8,10,14-16H,9H2,1-4H3,(H,22,24)(H,23,25)(H,26,27)/t10-,14+,16-/m0/s1. The molecule has 0 aliphatic heterocycles. The van der Waals surface area contributed by atoms with Gasteiger partial charge in [-0.15, -0.1) is 0 Å². The Bertz CT molecular complexity index is 828. The van der Waals surface area contributed by atoms with Gasteiger partial charge in [0, 0.05) is 19.3 Å². The second-order valence-corrected chi connectivity index (χ2v) is 6.79. The van der Waals surface area contributed by atoms with Gasteiger partial charge in [0.2, 0.25) is 11.8 Å². The summed E-state index contributed by atoms with van der Waals surface area (Å²) in [5.74, 6) is -8.46. The molecule has 0 aliphatic carbocycles. The van der Waals surface area contributed by atoms with E-state index in [4.69, 9.17) is 0 Å². The Balaban J connectivity index is 3.14. The number of rotatable bonds is 10. The van der Waals surface area contributed by atoms with E-state index in [9.17, 15) is 33.5 Å². The fraction of sp³-hybridized carbons (Fsp3) is 0.450. The van der Waals surface area contributed by atoms with E-state index in [0.29, 0.717) is 5.56 Å². The molecule has 0 aliphatic rings. The molecule has 0 spiro atoms. The summed E-state index contributed by atoms with van der Waals surface area (Å²) >= 11 is 0. The topological polar surface area (TPSA) is 148 Å². The minimum atomic E-state index is -1.69. The van der Waals surface area contributed by atoms with Crippen molar-refractivity contribution in [1.82, 2.24) is 10.6 Å². The lowest BCUT2D eigenvalue weighted by molar-refractivity contribution is -0.163. The van der Waals surface area contributed by atoms with Crippen LogP contribution >= 0.6 is 0 Å². The minimum Gasteiger partial charge on any atom is -0.480 e. The number of carbonyl (C=O) groups is 5. The van der Waals surface area contributed by atoms with Crippen LogP contribution in [0.4, 0.5) is 4.39 Å². The van der Waals surface area contributed by atoms with Crippen LogP contribution in [0.1, 0.15) is 19.4 Å². The summed E-state index contributed by atoms with van der Waals surface area (Å²) in [5, 5.41) is 14.2. The Morgan fingerprint density at radius 1 is 1.06 bits per heavy atom. The van der Waals surface area contributed by atoms with Crippen LogP contribution in [0.5, 0.6) is 0 Å². The van der Waals surface area contributed by atoms with Gasteiger partial charge in [0.15, 0.2) is 5.92 Å². The number of carbonyl (C=O) groups excluding carboxylic acids is 4. The molecule has 1 rings (SSSR count). The molecule has 170 valence electrons. The van der Waals surface area contributed by atoms with Crippen LogP contribution in [-0.4, -0.2) is 61.1 Å². The Kier molecular flexibility index (Phi) is 9.58. The van der Waals surface area contributed by atoms with Gasteiger partial charge in [0.25, 0.3) is 0 Å². The first-order valence-electron chi connectivity index (χ1n) is 9.22. The van der Waals surface area contributed by atoms with Gasteiger partial charge >= 0.3 is 17.9 Å². The van der Waals surface area contributed by atoms with E-state index in [2.05, 4.69) is 20.1 Å². The maximum Gasteiger partial charge on any atom is 0.326 e. The molecular weight excluding hydrogens is 415 g/mol. The Hall–Kier alpha value is -3.50. The number of benzene rings is 1. The highest BCUT2D eigenvalue weighted by Crippen LogP contribution is 2.20. The molecule has 10 nitrogen and oxygen atoms in total. The number of halogens is 1. The number of aliphatic carboxylic acids is 1. The predicted octanol–water partition coefficient (Wildman–Crippen LogP) is 0.0406. The Morgan fingerprint density at radius 3 is 2.10 bits per heavy atom. The maximum atomic E-state index is 13.5. The predicted molar refractivity (Wildman–Crippen MR) is 104 cm³/mol. The number of hydrogen-bond donors (Lipinski definition) is 3. The third-order valence-corrected chi connectivity index (χ3v) is 4.55. The van der Waals surface area contributed by atoms with Crippen LogP contribution in [0.2, 0.25) is 0 Å². The molecule has 0 unspecified atom stereocenters. The van der Waals surface area contributed by atoms with Crippen LogP contribution in [-0.2, 0) is 39.9 Å². The van der Waals surface area contributed by atoms with Crippen LogP contribution in [0.15, 0.2) is 24.3 Å². The summed E-state index contributed by atoms with van der Waals surface area (Å²) < 4.78 is 22.5. The second kappa shape index (κ2) is 11.6. The monoisotopic (exact) mass is 440 g/mol. The molecule has 31 heavy (non-hydrogen) atoms. The first kappa shape index (κ1) is 25.5. The molecular formula is C20H25FN2O8. The zero-order valence-corrected chi connectivity index (χ0v) is 17.5. The van der Waals surface area contributed by atoms with E-state index >= 15 is 0 Å². The quantitative estimate of drug-likeness (QED) is 0.341. The molecule has 2 amide bonds. The summed E-state index contributed by atoms with van der Waals surface area (Å²) in [7, 11) is 2.04. The number of hydrogen-bond acceptors (Lipinski definition) is 7. The lowest BCUT2D eigenvalue weighted by Gasteiger charge is -2.27. The lowest BCUT2D eigenvalue weighted by atomic mass is 9.87. The van der Waals surface area contributed by atoms with E-state index in [1.54, 1.807) is 0 Å². The summed E-state index contributed by atoms with van der Waals surface area (Å²) in [6.07, 6.45) is -0.124. The molecule has 1 aromatic rings. The number of methoxy groups -OCH3 is 2. The number of nitrogens with one attached hydrogen (secondary N) is 2. The SMILES string of the molecule is COC(=O)C(C(=O)OC)[C@H](C)[C@H](NC(=O)[C@@H](Cc1cccc(F)c1)NC(C)=O)C(=O)O. The number of carboxylic acid groups (broad SMARTS) is 1. The molecule has 1 aromatic carbocycles. The molecule has 0 saturated carbocycles. The fourth-order valence-electron chi connectivity index (χ4n) is 3.00. The fourth-order valence-corrected chi connectivity index (χ4v) is 3.00. The van der Waals surface area contributed by atoms with E-state index in [1.165, 1.54) is 31.2 Å². The minimum absolute atomic E-state index is 0.124. The molecule has 0 bridgehead atoms. The zero-order chi connectivity index (χ0) is 23.7. The van der Waals surface area contributed by atoms with Crippen molar-refractivity contribution in [1.29, 1.82) is 0 Å². The van der Waals surface area contributed by atoms with Crippen molar-refractivity contribution in [2.45, 2.75) is 32.4 Å². The van der Waals surface area contributed by atoms with Gasteiger partial charge in [-0.05, 0) is 17.7 Å². The average Bonchev–Trinajstić information content (AvgIpc) is 2.70. The summed E-state index contributed by atoms with van der Waals surface area (Å²) in [6.45, 7) is 2.42. The van der Waals surface area contributed by atoms with Crippen LogP contribution in [0, 0.1) is 17.7 Å². The van der Waals surface area contributed by atoms with Crippen LogP contribution in [0.25, 0.3) is 0 Å². The van der Waals surface area contributed by atoms with E-state index in [0.717, 1.165) is 21.1 Å². The average molecular weight is 440 g/mol. The van der Waals surface area contributed by atoms with Gasteiger partial charge < -0.3 is 25.2 Å². The molecule has 3 atom stereocenters. The van der Waals surface area contributed by atoms with Gasteiger partial charge in [-0.2, -0.15) is 0 Å². The van der Waals surface area contributed by atoms with Crippen molar-refractivity contribution in [2.75, 3.05) is 14.2 Å². The highest BCUT2D eigenvalue weighted by Gasteiger charge is 2.42. The summed E-state index contributed by atoms with van der Waals surface area (Å²) in [6, 6.07) is 2.41. The highest BCUT2D eigenvalue weighted by molar-refractivity contribution is 5.97. The third-order valence-electron chi connectivity index (χ3n) is 4.55. The molecule has 0 radical (unpaired) electrons. The van der Waals surface area contributed by atoms with Gasteiger partial charge in [0.1, 0.15) is 17.9 Å². The molecule has 0 heterocycles. The molecule has 3 N–H and O–H groups in total. The number of esters is 2. The van der Waals surface area contributed by atoms with Crippen molar-refractivity contribution in [2.24, 2.45) is 11.8 Å². The van der Waals surface area contributed by atoms with Crippen molar-refractivity contribution >= 4 is 29.7 Å². The van der Waals surface area contributed by atoms with Crippen LogP contribution < -0.4 is 10.6 Å². The summed E-state index contributed by atoms with van der Waals surface area (Å²) in [4.78, 5) is 60.1. The number of ether oxygens (including phenoxy) is 2.